The average Bonchev–Trinajstić information content (AvgIpc) is 3.24. The Bertz CT molecular complexity index is 770. The van der Waals surface area contributed by atoms with Gasteiger partial charge in [-0.3, -0.25) is 14.9 Å². The molecule has 0 spiro atoms. The molecule has 132 valence electrons. The van der Waals surface area contributed by atoms with Gasteiger partial charge in [-0.2, -0.15) is 0 Å². The van der Waals surface area contributed by atoms with Crippen molar-refractivity contribution in [2.24, 2.45) is 0 Å². The average molecular weight is 344 g/mol. The SMILES string of the molecule is COCc1ccc([C@@H]2CCCN2C(=O)Cc2cccc([N+](=O)[O-])c2)o1. The van der Waals surface area contributed by atoms with Crippen LogP contribution < -0.4 is 0 Å². The second-order valence-corrected chi connectivity index (χ2v) is 6.09. The first-order valence-electron chi connectivity index (χ1n) is 8.19. The molecule has 2 aromatic rings. The molecule has 0 bridgehead atoms. The maximum Gasteiger partial charge on any atom is 0.269 e. The van der Waals surface area contributed by atoms with Crippen LogP contribution in [-0.4, -0.2) is 29.4 Å². The quantitative estimate of drug-likeness (QED) is 0.593. The minimum absolute atomic E-state index is 0.00138. The highest BCUT2D eigenvalue weighted by molar-refractivity contribution is 5.79. The van der Waals surface area contributed by atoms with Gasteiger partial charge < -0.3 is 14.1 Å². The van der Waals surface area contributed by atoms with Crippen LogP contribution >= 0.6 is 0 Å². The molecule has 1 aromatic heterocycles. The molecule has 1 fully saturated rings. The summed E-state index contributed by atoms with van der Waals surface area (Å²) < 4.78 is 10.8. The fourth-order valence-electron chi connectivity index (χ4n) is 3.21. The Morgan fingerprint density at radius 3 is 3.00 bits per heavy atom. The second kappa shape index (κ2) is 7.48. The van der Waals surface area contributed by atoms with Crippen molar-refractivity contribution in [2.45, 2.75) is 31.9 Å². The number of hydrogen-bond donors (Lipinski definition) is 0. The van der Waals surface area contributed by atoms with E-state index < -0.39 is 4.92 Å². The zero-order valence-corrected chi connectivity index (χ0v) is 14.0. The van der Waals surface area contributed by atoms with Crippen LogP contribution in [0.25, 0.3) is 0 Å². The van der Waals surface area contributed by atoms with Crippen LogP contribution in [0.2, 0.25) is 0 Å². The van der Waals surface area contributed by atoms with Crippen LogP contribution in [0.4, 0.5) is 5.69 Å². The van der Waals surface area contributed by atoms with E-state index in [-0.39, 0.29) is 24.1 Å². The van der Waals surface area contributed by atoms with Crippen LogP contribution in [0.3, 0.4) is 0 Å². The second-order valence-electron chi connectivity index (χ2n) is 6.09. The van der Waals surface area contributed by atoms with E-state index in [4.69, 9.17) is 9.15 Å². The van der Waals surface area contributed by atoms with Crippen molar-refractivity contribution < 1.29 is 18.9 Å². The normalized spacial score (nSPS) is 17.0. The molecule has 3 rings (SSSR count). The van der Waals surface area contributed by atoms with Crippen LogP contribution in [0, 0.1) is 10.1 Å². The van der Waals surface area contributed by atoms with Crippen molar-refractivity contribution in [3.05, 3.63) is 63.6 Å². The van der Waals surface area contributed by atoms with Gasteiger partial charge in [-0.1, -0.05) is 12.1 Å². The predicted molar refractivity (Wildman–Crippen MR) is 89.9 cm³/mol. The van der Waals surface area contributed by atoms with E-state index >= 15 is 0 Å². The van der Waals surface area contributed by atoms with Crippen molar-refractivity contribution in [2.75, 3.05) is 13.7 Å². The van der Waals surface area contributed by atoms with Crippen LogP contribution in [0.15, 0.2) is 40.8 Å². The summed E-state index contributed by atoms with van der Waals surface area (Å²) in [7, 11) is 1.60. The first-order valence-corrected chi connectivity index (χ1v) is 8.19. The molecule has 1 aliphatic heterocycles. The predicted octanol–water partition coefficient (Wildman–Crippen LogP) is 3.24. The third-order valence-corrected chi connectivity index (χ3v) is 4.35. The number of carbonyl (C=O) groups is 1. The number of likely N-dealkylation sites (tertiary alicyclic amines) is 1. The van der Waals surface area contributed by atoms with Gasteiger partial charge in [0.05, 0.1) is 17.4 Å². The van der Waals surface area contributed by atoms with Crippen LogP contribution in [-0.2, 0) is 22.6 Å². The molecule has 0 saturated carbocycles. The van der Waals surface area contributed by atoms with Gasteiger partial charge in [0.25, 0.3) is 5.69 Å². The van der Waals surface area contributed by atoms with Gasteiger partial charge in [0.1, 0.15) is 18.1 Å². The molecule has 1 saturated heterocycles. The van der Waals surface area contributed by atoms with Crippen molar-refractivity contribution in [1.82, 2.24) is 4.90 Å². The van der Waals surface area contributed by atoms with Gasteiger partial charge >= 0.3 is 0 Å². The lowest BCUT2D eigenvalue weighted by molar-refractivity contribution is -0.384. The molecule has 0 N–H and O–H groups in total. The fourth-order valence-corrected chi connectivity index (χ4v) is 3.21. The van der Waals surface area contributed by atoms with Gasteiger partial charge in [-0.15, -0.1) is 0 Å². The number of carbonyl (C=O) groups excluding carboxylic acids is 1. The molecule has 2 heterocycles. The van der Waals surface area contributed by atoms with Crippen LogP contribution in [0.5, 0.6) is 0 Å². The standard InChI is InChI=1S/C18H20N2O5/c1-24-12-15-7-8-17(25-15)16-6-3-9-19(16)18(21)11-13-4-2-5-14(10-13)20(22)23/h2,4-5,7-8,10,16H,3,6,9,11-12H2,1H3/t16-/m0/s1. The third kappa shape index (κ3) is 3.88. The highest BCUT2D eigenvalue weighted by atomic mass is 16.6. The Balaban J connectivity index is 1.72. The fraction of sp³-hybridized carbons (Fsp3) is 0.389. The summed E-state index contributed by atoms with van der Waals surface area (Å²) in [6.07, 6.45) is 1.90. The third-order valence-electron chi connectivity index (χ3n) is 4.35. The number of amides is 1. The minimum atomic E-state index is -0.452. The summed E-state index contributed by atoms with van der Waals surface area (Å²) in [5.74, 6) is 1.44. The smallest absolute Gasteiger partial charge is 0.269 e. The zero-order valence-electron chi connectivity index (χ0n) is 14.0. The molecule has 0 aliphatic carbocycles. The molecule has 1 aliphatic rings. The molecule has 0 unspecified atom stereocenters. The van der Waals surface area contributed by atoms with E-state index in [0.717, 1.165) is 24.4 Å². The van der Waals surface area contributed by atoms with Crippen molar-refractivity contribution in [1.29, 1.82) is 0 Å². The Labute approximate surface area is 145 Å². The van der Waals surface area contributed by atoms with Crippen molar-refractivity contribution in [3.63, 3.8) is 0 Å². The summed E-state index contributed by atoms with van der Waals surface area (Å²) in [4.78, 5) is 24.9. The molecule has 7 heteroatoms. The highest BCUT2D eigenvalue weighted by Crippen LogP contribution is 2.33. The summed E-state index contributed by atoms with van der Waals surface area (Å²) in [6.45, 7) is 1.06. The lowest BCUT2D eigenvalue weighted by Gasteiger charge is -2.23. The molecular weight excluding hydrogens is 324 g/mol. The summed E-state index contributed by atoms with van der Waals surface area (Å²) >= 11 is 0. The lowest BCUT2D eigenvalue weighted by atomic mass is 10.1. The van der Waals surface area contributed by atoms with Crippen LogP contribution in [0.1, 0.15) is 36.0 Å². The lowest BCUT2D eigenvalue weighted by Crippen LogP contribution is -2.31. The maximum absolute atomic E-state index is 12.7. The van der Waals surface area contributed by atoms with Gasteiger partial charge in [0, 0.05) is 25.8 Å². The summed E-state index contributed by atoms with van der Waals surface area (Å²) in [6, 6.07) is 9.88. The number of nitro groups is 1. The number of hydrogen-bond acceptors (Lipinski definition) is 5. The number of ether oxygens (including phenoxy) is 1. The zero-order chi connectivity index (χ0) is 17.8. The monoisotopic (exact) mass is 344 g/mol. The highest BCUT2D eigenvalue weighted by Gasteiger charge is 2.32. The largest absolute Gasteiger partial charge is 0.461 e. The van der Waals surface area contributed by atoms with Crippen molar-refractivity contribution >= 4 is 11.6 Å². The number of non-ortho nitro benzene ring substituents is 1. The van der Waals surface area contributed by atoms with E-state index in [9.17, 15) is 14.9 Å². The van der Waals surface area contributed by atoms with E-state index in [1.165, 1.54) is 12.1 Å². The van der Waals surface area contributed by atoms with Gasteiger partial charge in [0.15, 0.2) is 0 Å². The number of benzene rings is 1. The van der Waals surface area contributed by atoms with Gasteiger partial charge in [-0.05, 0) is 30.5 Å². The number of rotatable bonds is 6. The van der Waals surface area contributed by atoms with E-state index in [0.29, 0.717) is 18.7 Å². The minimum Gasteiger partial charge on any atom is -0.461 e. The van der Waals surface area contributed by atoms with Gasteiger partial charge in [0.2, 0.25) is 5.91 Å². The number of nitrogens with zero attached hydrogens (tertiary/aromatic N) is 2. The number of nitro benzene ring substituents is 1. The Kier molecular flexibility index (Phi) is 5.14. The van der Waals surface area contributed by atoms with E-state index in [1.54, 1.807) is 24.1 Å². The van der Waals surface area contributed by atoms with E-state index in [1.807, 2.05) is 12.1 Å². The Morgan fingerprint density at radius 1 is 1.40 bits per heavy atom. The number of furan rings is 1. The molecule has 1 aromatic carbocycles. The van der Waals surface area contributed by atoms with Crippen molar-refractivity contribution in [3.8, 4) is 0 Å². The molecular formula is C18H20N2O5. The molecule has 0 radical (unpaired) electrons. The molecule has 25 heavy (non-hydrogen) atoms. The Hall–Kier alpha value is -2.67. The molecule has 1 amide bonds. The topological polar surface area (TPSA) is 85.8 Å². The first kappa shape index (κ1) is 17.2. The molecule has 7 nitrogen and oxygen atoms in total. The maximum atomic E-state index is 12.7. The first-order chi connectivity index (χ1) is 12.1. The Morgan fingerprint density at radius 2 is 2.24 bits per heavy atom. The summed E-state index contributed by atoms with van der Waals surface area (Å²) in [5, 5.41) is 10.9. The van der Waals surface area contributed by atoms with Gasteiger partial charge in [-0.25, -0.2) is 0 Å². The number of methoxy groups -OCH3 is 1. The van der Waals surface area contributed by atoms with E-state index in [2.05, 4.69) is 0 Å². The summed E-state index contributed by atoms with van der Waals surface area (Å²) in [5.41, 5.74) is 0.642. The molecule has 1 atom stereocenters.